The van der Waals surface area contributed by atoms with Gasteiger partial charge in [-0.05, 0) is 28.1 Å². The molecule has 0 heterocycles. The first-order chi connectivity index (χ1) is 7.08. The molecular weight excluding hydrogens is 266 g/mol. The molecule has 0 saturated heterocycles. The Morgan fingerprint density at radius 1 is 1.33 bits per heavy atom. The van der Waals surface area contributed by atoms with Crippen molar-refractivity contribution in [2.75, 3.05) is 14.2 Å². The van der Waals surface area contributed by atoms with Crippen LogP contribution in [0.25, 0.3) is 0 Å². The van der Waals surface area contributed by atoms with E-state index in [2.05, 4.69) is 15.9 Å². The normalized spacial score (nSPS) is 9.80. The molecule has 0 aliphatic rings. The molecule has 0 N–H and O–H groups in total. The Balaban J connectivity index is 3.14. The SMILES string of the molecule is COc1cc(C[N+](=O)[O-])cc(OC)c1Br. The number of methoxy groups -OCH3 is 2. The van der Waals surface area contributed by atoms with E-state index >= 15 is 0 Å². The number of nitro groups is 1. The van der Waals surface area contributed by atoms with Gasteiger partial charge in [0.2, 0.25) is 6.54 Å². The van der Waals surface area contributed by atoms with Crippen molar-refractivity contribution >= 4 is 15.9 Å². The van der Waals surface area contributed by atoms with Gasteiger partial charge in [0.05, 0.1) is 14.2 Å². The summed E-state index contributed by atoms with van der Waals surface area (Å²) >= 11 is 3.28. The second kappa shape index (κ2) is 4.97. The summed E-state index contributed by atoms with van der Waals surface area (Å²) in [5.41, 5.74) is 0.539. The lowest BCUT2D eigenvalue weighted by Gasteiger charge is -2.09. The summed E-state index contributed by atoms with van der Waals surface area (Å²) in [6.07, 6.45) is 0. The van der Waals surface area contributed by atoms with Gasteiger partial charge in [0.15, 0.2) is 0 Å². The number of hydrogen-bond donors (Lipinski definition) is 0. The van der Waals surface area contributed by atoms with Crippen LogP contribution in [0.2, 0.25) is 0 Å². The highest BCUT2D eigenvalue weighted by Gasteiger charge is 2.12. The number of hydrogen-bond acceptors (Lipinski definition) is 4. The third-order valence-corrected chi connectivity index (χ3v) is 2.60. The Labute approximate surface area is 95.3 Å². The van der Waals surface area contributed by atoms with Crippen molar-refractivity contribution in [2.45, 2.75) is 6.54 Å². The molecule has 1 rings (SSSR count). The Bertz CT molecular complexity index is 355. The van der Waals surface area contributed by atoms with Gasteiger partial charge in [0.25, 0.3) is 0 Å². The van der Waals surface area contributed by atoms with Gasteiger partial charge in [0.1, 0.15) is 16.0 Å². The highest BCUT2D eigenvalue weighted by atomic mass is 79.9. The van der Waals surface area contributed by atoms with E-state index in [9.17, 15) is 10.1 Å². The first-order valence-electron chi connectivity index (χ1n) is 4.10. The number of nitrogens with zero attached hydrogens (tertiary/aromatic N) is 1. The molecule has 1 aromatic carbocycles. The van der Waals surface area contributed by atoms with E-state index in [4.69, 9.17) is 9.47 Å². The number of halogens is 1. The topological polar surface area (TPSA) is 61.6 Å². The molecule has 0 aliphatic heterocycles. The molecule has 0 bridgehead atoms. The van der Waals surface area contributed by atoms with E-state index in [-0.39, 0.29) is 6.54 Å². The molecule has 15 heavy (non-hydrogen) atoms. The minimum absolute atomic E-state index is 0.250. The second-order valence-corrected chi connectivity index (χ2v) is 3.60. The maximum atomic E-state index is 10.4. The molecule has 1 aromatic rings. The van der Waals surface area contributed by atoms with Crippen molar-refractivity contribution < 1.29 is 14.4 Å². The summed E-state index contributed by atoms with van der Waals surface area (Å²) in [4.78, 5) is 9.96. The van der Waals surface area contributed by atoms with E-state index in [0.29, 0.717) is 21.5 Å². The molecule has 82 valence electrons. The monoisotopic (exact) mass is 275 g/mol. The van der Waals surface area contributed by atoms with E-state index in [0.717, 1.165) is 0 Å². The summed E-state index contributed by atoms with van der Waals surface area (Å²) in [5, 5.41) is 10.4. The molecule has 0 spiro atoms. The molecule has 0 aliphatic carbocycles. The Kier molecular flexibility index (Phi) is 3.90. The average molecular weight is 276 g/mol. The second-order valence-electron chi connectivity index (χ2n) is 2.81. The lowest BCUT2D eigenvalue weighted by atomic mass is 10.2. The lowest BCUT2D eigenvalue weighted by molar-refractivity contribution is -0.496. The molecule has 5 nitrogen and oxygen atoms in total. The molecule has 0 aromatic heterocycles. The van der Waals surface area contributed by atoms with Crippen LogP contribution in [0.3, 0.4) is 0 Å². The van der Waals surface area contributed by atoms with Gasteiger partial charge in [-0.15, -0.1) is 0 Å². The Morgan fingerprint density at radius 3 is 2.13 bits per heavy atom. The smallest absolute Gasteiger partial charge is 0.229 e. The van der Waals surface area contributed by atoms with Crippen molar-refractivity contribution in [3.8, 4) is 11.5 Å². The van der Waals surface area contributed by atoms with Crippen LogP contribution in [-0.4, -0.2) is 19.1 Å². The molecule has 0 atom stereocenters. The van der Waals surface area contributed by atoms with Gasteiger partial charge in [-0.25, -0.2) is 0 Å². The van der Waals surface area contributed by atoms with Crippen LogP contribution in [0.5, 0.6) is 11.5 Å². The summed E-state index contributed by atoms with van der Waals surface area (Å²) in [6.45, 7) is -0.250. The fourth-order valence-electron chi connectivity index (χ4n) is 1.16. The highest BCUT2D eigenvalue weighted by Crippen LogP contribution is 2.35. The van der Waals surface area contributed by atoms with Gasteiger partial charge in [0, 0.05) is 10.5 Å². The van der Waals surface area contributed by atoms with Crippen molar-refractivity contribution in [2.24, 2.45) is 0 Å². The fraction of sp³-hybridized carbons (Fsp3) is 0.333. The molecular formula is C9H10BrNO4. The van der Waals surface area contributed by atoms with Gasteiger partial charge in [-0.3, -0.25) is 10.1 Å². The third kappa shape index (κ3) is 2.82. The maximum Gasteiger partial charge on any atom is 0.229 e. The number of ether oxygens (including phenoxy) is 2. The molecule has 6 heteroatoms. The number of rotatable bonds is 4. The predicted molar refractivity (Wildman–Crippen MR) is 57.9 cm³/mol. The van der Waals surface area contributed by atoms with E-state index < -0.39 is 4.92 Å². The molecule has 0 amide bonds. The van der Waals surface area contributed by atoms with E-state index in [1.807, 2.05) is 0 Å². The van der Waals surface area contributed by atoms with E-state index in [1.165, 1.54) is 14.2 Å². The first-order valence-corrected chi connectivity index (χ1v) is 4.90. The zero-order chi connectivity index (χ0) is 11.4. The fourth-order valence-corrected chi connectivity index (χ4v) is 1.72. The molecule has 0 fully saturated rings. The minimum atomic E-state index is -0.401. The summed E-state index contributed by atoms with van der Waals surface area (Å²) in [7, 11) is 2.99. The highest BCUT2D eigenvalue weighted by molar-refractivity contribution is 9.10. The molecule has 0 radical (unpaired) electrons. The Morgan fingerprint density at radius 2 is 1.80 bits per heavy atom. The van der Waals surface area contributed by atoms with Crippen LogP contribution < -0.4 is 9.47 Å². The van der Waals surface area contributed by atoms with Gasteiger partial charge < -0.3 is 9.47 Å². The first kappa shape index (κ1) is 11.8. The van der Waals surface area contributed by atoms with E-state index in [1.54, 1.807) is 12.1 Å². The predicted octanol–water partition coefficient (Wildman–Crippen LogP) is 2.24. The summed E-state index contributed by atoms with van der Waals surface area (Å²) in [6, 6.07) is 3.21. The van der Waals surface area contributed by atoms with Crippen LogP contribution >= 0.6 is 15.9 Å². The van der Waals surface area contributed by atoms with Crippen molar-refractivity contribution in [1.82, 2.24) is 0 Å². The quantitative estimate of drug-likeness (QED) is 0.625. The lowest BCUT2D eigenvalue weighted by Crippen LogP contribution is -2.00. The summed E-state index contributed by atoms with van der Waals surface area (Å²) in [5.74, 6) is 1.04. The zero-order valence-corrected chi connectivity index (χ0v) is 9.91. The maximum absolute atomic E-state index is 10.4. The van der Waals surface area contributed by atoms with Crippen LogP contribution in [0, 0.1) is 10.1 Å². The van der Waals surface area contributed by atoms with Gasteiger partial charge in [-0.2, -0.15) is 0 Å². The van der Waals surface area contributed by atoms with Gasteiger partial charge in [-0.1, -0.05) is 0 Å². The largest absolute Gasteiger partial charge is 0.495 e. The van der Waals surface area contributed by atoms with Crippen LogP contribution in [0.1, 0.15) is 5.56 Å². The van der Waals surface area contributed by atoms with Crippen molar-refractivity contribution in [1.29, 1.82) is 0 Å². The zero-order valence-electron chi connectivity index (χ0n) is 8.32. The van der Waals surface area contributed by atoms with Crippen LogP contribution in [-0.2, 0) is 6.54 Å². The molecule has 0 saturated carbocycles. The molecule has 0 unspecified atom stereocenters. The standard InChI is InChI=1S/C9H10BrNO4/c1-14-7-3-6(5-11(12)13)4-8(15-2)9(7)10/h3-4H,5H2,1-2H3. The van der Waals surface area contributed by atoms with Crippen LogP contribution in [0.4, 0.5) is 0 Å². The van der Waals surface area contributed by atoms with Crippen molar-refractivity contribution in [3.63, 3.8) is 0 Å². The van der Waals surface area contributed by atoms with Crippen LogP contribution in [0.15, 0.2) is 16.6 Å². The van der Waals surface area contributed by atoms with Gasteiger partial charge >= 0.3 is 0 Å². The Hall–Kier alpha value is -1.30. The van der Waals surface area contributed by atoms with Crippen molar-refractivity contribution in [3.05, 3.63) is 32.3 Å². The minimum Gasteiger partial charge on any atom is -0.495 e. The average Bonchev–Trinajstić information content (AvgIpc) is 2.19. The summed E-state index contributed by atoms with van der Waals surface area (Å²) < 4.78 is 10.8. The third-order valence-electron chi connectivity index (χ3n) is 1.82. The number of benzene rings is 1.